The van der Waals surface area contributed by atoms with Crippen molar-refractivity contribution in [3.63, 3.8) is 0 Å². The lowest BCUT2D eigenvalue weighted by Gasteiger charge is -2.14. The molecule has 1 aromatic heterocycles. The van der Waals surface area contributed by atoms with Gasteiger partial charge in [0.1, 0.15) is 11.6 Å². The van der Waals surface area contributed by atoms with E-state index in [2.05, 4.69) is 10.3 Å². The number of likely N-dealkylation sites (N-methyl/N-ethyl adjacent to an activating group) is 1. The SMILES string of the molecule is CNC(Cc1cc(F)cc(F)c1)c1cn(C)cn1. The molecule has 1 N–H and O–H groups in total. The van der Waals surface area contributed by atoms with E-state index in [1.54, 1.807) is 13.4 Å². The van der Waals surface area contributed by atoms with Crippen LogP contribution >= 0.6 is 0 Å². The van der Waals surface area contributed by atoms with E-state index >= 15 is 0 Å². The Morgan fingerprint density at radius 2 is 1.94 bits per heavy atom. The Balaban J connectivity index is 2.20. The van der Waals surface area contributed by atoms with Crippen molar-refractivity contribution in [2.75, 3.05) is 7.05 Å². The fourth-order valence-corrected chi connectivity index (χ4v) is 1.93. The lowest BCUT2D eigenvalue weighted by Crippen LogP contribution is -2.19. The van der Waals surface area contributed by atoms with Crippen LogP contribution in [-0.4, -0.2) is 16.6 Å². The highest BCUT2D eigenvalue weighted by molar-refractivity contribution is 5.20. The molecule has 1 heterocycles. The van der Waals surface area contributed by atoms with Gasteiger partial charge in [0.25, 0.3) is 0 Å². The van der Waals surface area contributed by atoms with E-state index < -0.39 is 11.6 Å². The average Bonchev–Trinajstić information content (AvgIpc) is 2.71. The predicted octanol–water partition coefficient (Wildman–Crippen LogP) is 2.20. The summed E-state index contributed by atoms with van der Waals surface area (Å²) in [5, 5.41) is 3.10. The maximum atomic E-state index is 13.1. The number of benzene rings is 1. The van der Waals surface area contributed by atoms with Crippen LogP contribution in [0.4, 0.5) is 8.78 Å². The largest absolute Gasteiger partial charge is 0.340 e. The van der Waals surface area contributed by atoms with Crippen molar-refractivity contribution in [2.45, 2.75) is 12.5 Å². The molecule has 5 heteroatoms. The molecule has 0 saturated carbocycles. The van der Waals surface area contributed by atoms with Gasteiger partial charge in [-0.3, -0.25) is 0 Å². The van der Waals surface area contributed by atoms with Gasteiger partial charge in [0, 0.05) is 19.3 Å². The van der Waals surface area contributed by atoms with Gasteiger partial charge in [0.05, 0.1) is 18.1 Å². The smallest absolute Gasteiger partial charge is 0.126 e. The first kappa shape index (κ1) is 12.7. The number of imidazole rings is 1. The van der Waals surface area contributed by atoms with Gasteiger partial charge in [-0.1, -0.05) is 0 Å². The summed E-state index contributed by atoms with van der Waals surface area (Å²) in [5.74, 6) is -1.11. The number of nitrogens with zero attached hydrogens (tertiary/aromatic N) is 2. The highest BCUT2D eigenvalue weighted by Gasteiger charge is 2.13. The Morgan fingerprint density at radius 3 is 2.44 bits per heavy atom. The van der Waals surface area contributed by atoms with Gasteiger partial charge in [-0.15, -0.1) is 0 Å². The zero-order valence-corrected chi connectivity index (χ0v) is 10.3. The molecule has 1 aromatic carbocycles. The van der Waals surface area contributed by atoms with Crippen LogP contribution in [0.1, 0.15) is 17.3 Å². The van der Waals surface area contributed by atoms with Crippen molar-refractivity contribution in [2.24, 2.45) is 7.05 Å². The standard InChI is InChI=1S/C13H15F2N3/c1-16-12(13-7-18(2)8-17-13)5-9-3-10(14)6-11(15)4-9/h3-4,6-8,12,16H,5H2,1-2H3. The van der Waals surface area contributed by atoms with Crippen molar-refractivity contribution in [1.29, 1.82) is 0 Å². The number of hydrogen-bond acceptors (Lipinski definition) is 2. The predicted molar refractivity (Wildman–Crippen MR) is 65.1 cm³/mol. The van der Waals surface area contributed by atoms with E-state index in [1.165, 1.54) is 12.1 Å². The summed E-state index contributed by atoms with van der Waals surface area (Å²) >= 11 is 0. The fourth-order valence-electron chi connectivity index (χ4n) is 1.93. The van der Waals surface area contributed by atoms with Gasteiger partial charge >= 0.3 is 0 Å². The molecule has 0 aliphatic heterocycles. The molecule has 2 aromatic rings. The number of aryl methyl sites for hydroxylation is 1. The zero-order valence-electron chi connectivity index (χ0n) is 10.3. The molecule has 0 fully saturated rings. The number of rotatable bonds is 4. The first-order valence-electron chi connectivity index (χ1n) is 5.68. The first-order chi connectivity index (χ1) is 8.58. The quantitative estimate of drug-likeness (QED) is 0.902. The van der Waals surface area contributed by atoms with Crippen LogP contribution < -0.4 is 5.32 Å². The number of hydrogen-bond donors (Lipinski definition) is 1. The molecular weight excluding hydrogens is 236 g/mol. The van der Waals surface area contributed by atoms with Crippen molar-refractivity contribution < 1.29 is 8.78 Å². The Morgan fingerprint density at radius 1 is 1.28 bits per heavy atom. The molecule has 0 amide bonds. The molecule has 3 nitrogen and oxygen atoms in total. The minimum atomic E-state index is -0.555. The van der Waals surface area contributed by atoms with E-state index in [0.29, 0.717) is 12.0 Å². The Labute approximate surface area is 104 Å². The second-order valence-corrected chi connectivity index (χ2v) is 4.29. The summed E-state index contributed by atoms with van der Waals surface area (Å²) < 4.78 is 28.1. The minimum Gasteiger partial charge on any atom is -0.340 e. The summed E-state index contributed by atoms with van der Waals surface area (Å²) in [6, 6.07) is 3.50. The molecule has 96 valence electrons. The maximum absolute atomic E-state index is 13.1. The van der Waals surface area contributed by atoms with Crippen LogP contribution in [0, 0.1) is 11.6 Å². The van der Waals surface area contributed by atoms with Crippen LogP contribution in [0.2, 0.25) is 0 Å². The van der Waals surface area contributed by atoms with E-state index in [9.17, 15) is 8.78 Å². The molecule has 1 atom stereocenters. The third-order valence-corrected chi connectivity index (χ3v) is 2.79. The van der Waals surface area contributed by atoms with Crippen molar-refractivity contribution in [1.82, 2.24) is 14.9 Å². The zero-order chi connectivity index (χ0) is 13.1. The van der Waals surface area contributed by atoms with E-state index in [1.807, 2.05) is 17.8 Å². The molecule has 0 saturated heterocycles. The second kappa shape index (κ2) is 5.27. The normalized spacial score (nSPS) is 12.7. The second-order valence-electron chi connectivity index (χ2n) is 4.29. The number of aromatic nitrogens is 2. The van der Waals surface area contributed by atoms with Crippen molar-refractivity contribution in [3.05, 3.63) is 53.6 Å². The van der Waals surface area contributed by atoms with E-state index in [4.69, 9.17) is 0 Å². The molecule has 2 rings (SSSR count). The fraction of sp³-hybridized carbons (Fsp3) is 0.308. The molecular formula is C13H15F2N3. The van der Waals surface area contributed by atoms with Crippen LogP contribution in [0.5, 0.6) is 0 Å². The van der Waals surface area contributed by atoms with E-state index in [0.717, 1.165) is 11.8 Å². The van der Waals surface area contributed by atoms with Gasteiger partial charge in [0.2, 0.25) is 0 Å². The molecule has 0 aliphatic rings. The van der Waals surface area contributed by atoms with Gasteiger partial charge in [0.15, 0.2) is 0 Å². The first-order valence-corrected chi connectivity index (χ1v) is 5.68. The summed E-state index contributed by atoms with van der Waals surface area (Å²) in [6.07, 6.45) is 4.07. The third-order valence-electron chi connectivity index (χ3n) is 2.79. The Kier molecular flexibility index (Phi) is 3.72. The van der Waals surface area contributed by atoms with Gasteiger partial charge < -0.3 is 9.88 Å². The number of nitrogens with one attached hydrogen (secondary N) is 1. The van der Waals surface area contributed by atoms with Crippen LogP contribution in [0.3, 0.4) is 0 Å². The van der Waals surface area contributed by atoms with Crippen molar-refractivity contribution >= 4 is 0 Å². The van der Waals surface area contributed by atoms with Crippen LogP contribution in [-0.2, 0) is 13.5 Å². The molecule has 0 radical (unpaired) electrons. The van der Waals surface area contributed by atoms with Crippen LogP contribution in [0.25, 0.3) is 0 Å². The molecule has 1 unspecified atom stereocenters. The van der Waals surface area contributed by atoms with E-state index in [-0.39, 0.29) is 6.04 Å². The average molecular weight is 251 g/mol. The van der Waals surface area contributed by atoms with Crippen LogP contribution in [0.15, 0.2) is 30.7 Å². The lowest BCUT2D eigenvalue weighted by atomic mass is 10.0. The Bertz CT molecular complexity index is 517. The maximum Gasteiger partial charge on any atom is 0.126 e. The van der Waals surface area contributed by atoms with Gasteiger partial charge in [-0.25, -0.2) is 13.8 Å². The molecule has 18 heavy (non-hydrogen) atoms. The molecule has 0 spiro atoms. The molecule has 0 bridgehead atoms. The minimum absolute atomic E-state index is 0.0626. The summed E-state index contributed by atoms with van der Waals surface area (Å²) in [5.41, 5.74) is 1.46. The van der Waals surface area contributed by atoms with Crippen molar-refractivity contribution in [3.8, 4) is 0 Å². The highest BCUT2D eigenvalue weighted by atomic mass is 19.1. The summed E-state index contributed by atoms with van der Waals surface area (Å²) in [6.45, 7) is 0. The summed E-state index contributed by atoms with van der Waals surface area (Å²) in [4.78, 5) is 4.24. The third kappa shape index (κ3) is 2.92. The number of halogens is 2. The van der Waals surface area contributed by atoms with Gasteiger partial charge in [-0.05, 0) is 31.2 Å². The summed E-state index contributed by atoms with van der Waals surface area (Å²) in [7, 11) is 3.68. The lowest BCUT2D eigenvalue weighted by molar-refractivity contribution is 0.556. The molecule has 0 aliphatic carbocycles. The topological polar surface area (TPSA) is 29.9 Å². The monoisotopic (exact) mass is 251 g/mol. The van der Waals surface area contributed by atoms with Gasteiger partial charge in [-0.2, -0.15) is 0 Å². The Hall–Kier alpha value is -1.75. The highest BCUT2D eigenvalue weighted by Crippen LogP contribution is 2.18.